The van der Waals surface area contributed by atoms with Gasteiger partial charge in [0.1, 0.15) is 5.82 Å². The molecule has 0 aliphatic heterocycles. The van der Waals surface area contributed by atoms with Crippen molar-refractivity contribution in [3.05, 3.63) is 42.1 Å². The SMILES string of the molecule is Cc1noc2cc(Nc3nc4cccc(NC5CCC(O)CC5)n4n3)ccc12. The second-order valence-corrected chi connectivity index (χ2v) is 7.37. The van der Waals surface area contributed by atoms with E-state index in [1.54, 1.807) is 0 Å². The summed E-state index contributed by atoms with van der Waals surface area (Å²) >= 11 is 0. The average Bonchev–Trinajstić information content (AvgIpc) is 3.27. The summed E-state index contributed by atoms with van der Waals surface area (Å²) in [7, 11) is 0. The van der Waals surface area contributed by atoms with Gasteiger partial charge in [-0.1, -0.05) is 11.2 Å². The zero-order valence-corrected chi connectivity index (χ0v) is 15.6. The molecule has 0 amide bonds. The Kier molecular flexibility index (Phi) is 4.12. The van der Waals surface area contributed by atoms with Crippen molar-refractivity contribution in [3.63, 3.8) is 0 Å². The monoisotopic (exact) mass is 378 g/mol. The highest BCUT2D eigenvalue weighted by molar-refractivity contribution is 5.83. The van der Waals surface area contributed by atoms with Gasteiger partial charge in [0, 0.05) is 23.2 Å². The first-order chi connectivity index (χ1) is 13.7. The van der Waals surface area contributed by atoms with Gasteiger partial charge in [-0.2, -0.15) is 9.50 Å². The van der Waals surface area contributed by atoms with Crippen LogP contribution in [0.4, 0.5) is 17.5 Å². The summed E-state index contributed by atoms with van der Waals surface area (Å²) in [4.78, 5) is 4.57. The molecule has 144 valence electrons. The molecule has 0 radical (unpaired) electrons. The smallest absolute Gasteiger partial charge is 0.247 e. The Labute approximate surface area is 161 Å². The molecule has 3 aromatic heterocycles. The standard InChI is InChI=1S/C20H22N6O2/c1-12-16-10-7-14(11-17(16)28-25-12)22-20-23-19-4-2-3-18(26(19)24-20)21-13-5-8-15(27)9-6-13/h2-4,7,10-11,13,15,21,27H,5-6,8-9H2,1H3,(H,22,24). The van der Waals surface area contributed by atoms with Gasteiger partial charge in [0.05, 0.1) is 11.8 Å². The van der Waals surface area contributed by atoms with E-state index >= 15 is 0 Å². The number of aliphatic hydroxyl groups excluding tert-OH is 1. The van der Waals surface area contributed by atoms with Gasteiger partial charge >= 0.3 is 0 Å². The van der Waals surface area contributed by atoms with Crippen molar-refractivity contribution in [2.45, 2.75) is 44.8 Å². The van der Waals surface area contributed by atoms with Crippen LogP contribution >= 0.6 is 0 Å². The predicted molar refractivity (Wildman–Crippen MR) is 107 cm³/mol. The van der Waals surface area contributed by atoms with E-state index in [-0.39, 0.29) is 6.10 Å². The van der Waals surface area contributed by atoms with Gasteiger partial charge in [-0.15, -0.1) is 5.10 Å². The Morgan fingerprint density at radius 1 is 1.14 bits per heavy atom. The minimum absolute atomic E-state index is 0.165. The number of hydrogen-bond donors (Lipinski definition) is 3. The highest BCUT2D eigenvalue weighted by Gasteiger charge is 2.20. The highest BCUT2D eigenvalue weighted by atomic mass is 16.5. The topological polar surface area (TPSA) is 101 Å². The highest BCUT2D eigenvalue weighted by Crippen LogP contribution is 2.25. The second kappa shape index (κ2) is 6.79. The molecule has 1 saturated carbocycles. The molecule has 4 aromatic rings. The quantitative estimate of drug-likeness (QED) is 0.498. The first-order valence-electron chi connectivity index (χ1n) is 9.59. The molecule has 8 heteroatoms. The average molecular weight is 378 g/mol. The third-order valence-electron chi connectivity index (χ3n) is 5.32. The zero-order chi connectivity index (χ0) is 19.1. The molecule has 8 nitrogen and oxygen atoms in total. The molecule has 0 atom stereocenters. The van der Waals surface area contributed by atoms with E-state index in [9.17, 15) is 5.11 Å². The van der Waals surface area contributed by atoms with Crippen molar-refractivity contribution in [1.82, 2.24) is 19.8 Å². The molecule has 0 bridgehead atoms. The Morgan fingerprint density at radius 2 is 2.00 bits per heavy atom. The minimum Gasteiger partial charge on any atom is -0.393 e. The molecule has 28 heavy (non-hydrogen) atoms. The fourth-order valence-electron chi connectivity index (χ4n) is 3.77. The van der Waals surface area contributed by atoms with Crippen LogP contribution in [0, 0.1) is 6.92 Å². The molecule has 0 spiro atoms. The number of rotatable bonds is 4. The molecule has 1 aromatic carbocycles. The molecular formula is C20H22N6O2. The lowest BCUT2D eigenvalue weighted by Crippen LogP contribution is -2.29. The molecule has 1 aliphatic carbocycles. The number of pyridine rings is 1. The number of nitrogens with one attached hydrogen (secondary N) is 2. The van der Waals surface area contributed by atoms with Crippen LogP contribution in [0.5, 0.6) is 0 Å². The third-order valence-corrected chi connectivity index (χ3v) is 5.32. The Morgan fingerprint density at radius 3 is 2.86 bits per heavy atom. The fraction of sp³-hybridized carbons (Fsp3) is 0.350. The summed E-state index contributed by atoms with van der Waals surface area (Å²) in [6, 6.07) is 12.1. The maximum Gasteiger partial charge on any atom is 0.247 e. The summed E-state index contributed by atoms with van der Waals surface area (Å²) in [5, 5.41) is 26.1. The van der Waals surface area contributed by atoms with Gasteiger partial charge in [-0.25, -0.2) is 0 Å². The lowest BCUT2D eigenvalue weighted by molar-refractivity contribution is 0.126. The van der Waals surface area contributed by atoms with Crippen LogP contribution in [0.1, 0.15) is 31.4 Å². The number of aliphatic hydroxyl groups is 1. The number of hydrogen-bond acceptors (Lipinski definition) is 7. The second-order valence-electron chi connectivity index (χ2n) is 7.37. The zero-order valence-electron chi connectivity index (χ0n) is 15.6. The minimum atomic E-state index is -0.165. The van der Waals surface area contributed by atoms with Crippen LogP contribution in [0.25, 0.3) is 16.6 Å². The summed E-state index contributed by atoms with van der Waals surface area (Å²) in [5.74, 6) is 1.42. The Bertz CT molecular complexity index is 1130. The first kappa shape index (κ1) is 17.0. The summed E-state index contributed by atoms with van der Waals surface area (Å²) in [5.41, 5.74) is 3.21. The lowest BCUT2D eigenvalue weighted by Gasteiger charge is -2.26. The molecule has 0 saturated heterocycles. The van der Waals surface area contributed by atoms with Crippen molar-refractivity contribution >= 4 is 34.1 Å². The van der Waals surface area contributed by atoms with Gasteiger partial charge in [-0.3, -0.25) is 0 Å². The Hall–Kier alpha value is -3.13. The van der Waals surface area contributed by atoms with Crippen LogP contribution < -0.4 is 10.6 Å². The number of nitrogens with zero attached hydrogens (tertiary/aromatic N) is 4. The third kappa shape index (κ3) is 3.16. The van der Waals surface area contributed by atoms with E-state index in [1.807, 2.05) is 47.8 Å². The molecule has 0 unspecified atom stereocenters. The van der Waals surface area contributed by atoms with Crippen molar-refractivity contribution in [1.29, 1.82) is 0 Å². The van der Waals surface area contributed by atoms with Gasteiger partial charge in [0.15, 0.2) is 11.2 Å². The molecule has 1 aliphatic rings. The van der Waals surface area contributed by atoms with Crippen molar-refractivity contribution < 1.29 is 9.63 Å². The maximum absolute atomic E-state index is 9.70. The Balaban J connectivity index is 1.39. The maximum atomic E-state index is 9.70. The van der Waals surface area contributed by atoms with E-state index in [4.69, 9.17) is 4.52 Å². The van der Waals surface area contributed by atoms with Crippen LogP contribution in [-0.2, 0) is 0 Å². The summed E-state index contributed by atoms with van der Waals surface area (Å²) in [6.07, 6.45) is 3.41. The van der Waals surface area contributed by atoms with Crippen molar-refractivity contribution in [2.24, 2.45) is 0 Å². The molecule has 5 rings (SSSR count). The van der Waals surface area contributed by atoms with Crippen LogP contribution in [0.2, 0.25) is 0 Å². The number of aromatic nitrogens is 4. The van der Waals surface area contributed by atoms with Crippen molar-refractivity contribution in [3.8, 4) is 0 Å². The van der Waals surface area contributed by atoms with Gasteiger partial charge in [-0.05, 0) is 56.9 Å². The van der Waals surface area contributed by atoms with Gasteiger partial charge in [0.25, 0.3) is 0 Å². The summed E-state index contributed by atoms with van der Waals surface area (Å²) in [6.45, 7) is 1.92. The molecule has 3 N–H and O–H groups in total. The molecular weight excluding hydrogens is 356 g/mol. The van der Waals surface area contributed by atoms with Crippen molar-refractivity contribution in [2.75, 3.05) is 10.6 Å². The van der Waals surface area contributed by atoms with E-state index < -0.39 is 0 Å². The van der Waals surface area contributed by atoms with Crippen LogP contribution in [-0.4, -0.2) is 37.0 Å². The van der Waals surface area contributed by atoms with E-state index in [1.165, 1.54) is 0 Å². The van der Waals surface area contributed by atoms with Gasteiger partial charge in [0.2, 0.25) is 5.95 Å². The van der Waals surface area contributed by atoms with E-state index in [0.717, 1.165) is 59.5 Å². The number of anilines is 3. The molecule has 1 fully saturated rings. The van der Waals surface area contributed by atoms with Crippen LogP contribution in [0.15, 0.2) is 40.9 Å². The van der Waals surface area contributed by atoms with E-state index in [2.05, 4.69) is 25.9 Å². The number of aryl methyl sites for hydroxylation is 1. The normalized spacial score (nSPS) is 19.9. The van der Waals surface area contributed by atoms with Gasteiger partial charge < -0.3 is 20.3 Å². The molecule has 3 heterocycles. The largest absolute Gasteiger partial charge is 0.393 e. The van der Waals surface area contributed by atoms with E-state index in [0.29, 0.717) is 12.0 Å². The number of benzene rings is 1. The number of fused-ring (bicyclic) bond motifs is 2. The fourth-order valence-corrected chi connectivity index (χ4v) is 3.77. The first-order valence-corrected chi connectivity index (χ1v) is 9.59. The van der Waals surface area contributed by atoms with Crippen LogP contribution in [0.3, 0.4) is 0 Å². The summed E-state index contributed by atoms with van der Waals surface area (Å²) < 4.78 is 7.14. The predicted octanol–water partition coefficient (Wildman–Crippen LogP) is 3.64. The lowest BCUT2D eigenvalue weighted by atomic mass is 9.93.